The molecule has 2 aromatic carbocycles. The number of ether oxygens (including phenoxy) is 1. The number of H-pyrrole nitrogens is 1. The van der Waals surface area contributed by atoms with Gasteiger partial charge in [0.1, 0.15) is 12.6 Å². The van der Waals surface area contributed by atoms with E-state index in [1.54, 1.807) is 6.92 Å². The molecule has 0 saturated carbocycles. The molecule has 1 aromatic heterocycles. The van der Waals surface area contributed by atoms with Gasteiger partial charge in [0.05, 0.1) is 13.0 Å². The zero-order chi connectivity index (χ0) is 21.5. The van der Waals surface area contributed by atoms with Crippen LogP contribution < -0.4 is 10.6 Å². The molecule has 3 aromatic rings. The molecule has 3 N–H and O–H groups in total. The maximum Gasteiger partial charge on any atom is 0.325 e. The molecule has 0 unspecified atom stereocenters. The second-order valence-electron chi connectivity index (χ2n) is 7.05. The molecule has 0 saturated heterocycles. The zero-order valence-electron chi connectivity index (χ0n) is 17.0. The van der Waals surface area contributed by atoms with E-state index in [-0.39, 0.29) is 18.9 Å². The number of rotatable bonds is 8. The van der Waals surface area contributed by atoms with Gasteiger partial charge in [-0.25, -0.2) is 0 Å². The first kappa shape index (κ1) is 21.1. The molecule has 0 fully saturated rings. The van der Waals surface area contributed by atoms with Crippen molar-refractivity contribution >= 4 is 28.7 Å². The van der Waals surface area contributed by atoms with Crippen molar-refractivity contribution in [3.63, 3.8) is 0 Å². The Hall–Kier alpha value is -3.61. The predicted octanol–water partition coefficient (Wildman–Crippen LogP) is 2.29. The summed E-state index contributed by atoms with van der Waals surface area (Å²) < 4.78 is 4.58. The molecule has 3 rings (SSSR count). The number of methoxy groups -OCH3 is 1. The maximum atomic E-state index is 12.9. The lowest BCUT2D eigenvalue weighted by atomic mass is 9.98. The third-order valence-corrected chi connectivity index (χ3v) is 5.06. The van der Waals surface area contributed by atoms with E-state index in [1.807, 2.05) is 60.8 Å². The van der Waals surface area contributed by atoms with Gasteiger partial charge in [0.25, 0.3) is 0 Å². The van der Waals surface area contributed by atoms with Gasteiger partial charge < -0.3 is 20.4 Å². The van der Waals surface area contributed by atoms with Crippen LogP contribution in [0.1, 0.15) is 24.0 Å². The zero-order valence-corrected chi connectivity index (χ0v) is 17.0. The van der Waals surface area contributed by atoms with E-state index < -0.39 is 23.8 Å². The van der Waals surface area contributed by atoms with Crippen LogP contribution in [0.5, 0.6) is 0 Å². The highest BCUT2D eigenvalue weighted by Gasteiger charge is 2.25. The molecule has 1 heterocycles. The normalized spacial score (nSPS) is 12.7. The Morgan fingerprint density at radius 3 is 2.43 bits per heavy atom. The Morgan fingerprint density at radius 1 is 1.00 bits per heavy atom. The van der Waals surface area contributed by atoms with Gasteiger partial charge in [-0.1, -0.05) is 48.5 Å². The Balaban J connectivity index is 1.78. The molecule has 0 aliphatic rings. The number of esters is 1. The molecular formula is C23H25N3O4. The van der Waals surface area contributed by atoms with Gasteiger partial charge in [-0.05, 0) is 24.1 Å². The van der Waals surface area contributed by atoms with Crippen LogP contribution in [-0.2, 0) is 25.5 Å². The number of para-hydroxylation sites is 1. The summed E-state index contributed by atoms with van der Waals surface area (Å²) in [6.45, 7) is 1.53. The lowest BCUT2D eigenvalue weighted by Crippen LogP contribution is -2.50. The van der Waals surface area contributed by atoms with Crippen LogP contribution in [0.2, 0.25) is 0 Å². The molecule has 2 atom stereocenters. The van der Waals surface area contributed by atoms with E-state index in [1.165, 1.54) is 7.11 Å². The summed E-state index contributed by atoms with van der Waals surface area (Å²) in [4.78, 5) is 40.2. The molecule has 156 valence electrons. The van der Waals surface area contributed by atoms with Gasteiger partial charge in [0, 0.05) is 23.5 Å². The van der Waals surface area contributed by atoms with Crippen LogP contribution >= 0.6 is 0 Å². The molecule has 7 nitrogen and oxygen atoms in total. The van der Waals surface area contributed by atoms with E-state index in [4.69, 9.17) is 0 Å². The summed E-state index contributed by atoms with van der Waals surface area (Å²) in [7, 11) is 1.25. The van der Waals surface area contributed by atoms with Crippen LogP contribution in [0.15, 0.2) is 60.8 Å². The number of aromatic amines is 1. The summed E-state index contributed by atoms with van der Waals surface area (Å²) in [5.41, 5.74) is 2.71. The summed E-state index contributed by atoms with van der Waals surface area (Å²) in [5.74, 6) is -1.69. The van der Waals surface area contributed by atoms with E-state index in [2.05, 4.69) is 20.4 Å². The SMILES string of the molecule is COC(=O)CNC(=O)[C@H](Cc1c[nH]c2ccccc12)NC(=O)[C@H](C)c1ccccc1. The molecule has 30 heavy (non-hydrogen) atoms. The fraction of sp³-hybridized carbons (Fsp3) is 0.261. The van der Waals surface area contributed by atoms with Crippen molar-refractivity contribution in [2.24, 2.45) is 0 Å². The molecular weight excluding hydrogens is 382 g/mol. The first-order chi connectivity index (χ1) is 14.5. The van der Waals surface area contributed by atoms with Crippen molar-refractivity contribution in [3.05, 3.63) is 71.9 Å². The number of benzene rings is 2. The molecule has 2 amide bonds. The quantitative estimate of drug-likeness (QED) is 0.499. The molecule has 0 aliphatic carbocycles. The Labute approximate surface area is 174 Å². The van der Waals surface area contributed by atoms with Gasteiger partial charge in [-0.2, -0.15) is 0 Å². The second-order valence-corrected chi connectivity index (χ2v) is 7.05. The van der Waals surface area contributed by atoms with Crippen LogP contribution in [0.4, 0.5) is 0 Å². The third kappa shape index (κ3) is 5.05. The van der Waals surface area contributed by atoms with E-state index in [0.717, 1.165) is 22.0 Å². The number of nitrogens with one attached hydrogen (secondary N) is 3. The minimum Gasteiger partial charge on any atom is -0.468 e. The van der Waals surface area contributed by atoms with E-state index in [9.17, 15) is 14.4 Å². The van der Waals surface area contributed by atoms with Crippen LogP contribution in [0, 0.1) is 0 Å². The van der Waals surface area contributed by atoms with Gasteiger partial charge in [-0.15, -0.1) is 0 Å². The van der Waals surface area contributed by atoms with Crippen LogP contribution in [0.25, 0.3) is 10.9 Å². The average molecular weight is 407 g/mol. The highest BCUT2D eigenvalue weighted by atomic mass is 16.5. The van der Waals surface area contributed by atoms with Crippen molar-refractivity contribution in [1.82, 2.24) is 15.6 Å². The maximum absolute atomic E-state index is 12.9. The summed E-state index contributed by atoms with van der Waals surface area (Å²) in [6.07, 6.45) is 2.11. The molecule has 0 aliphatic heterocycles. The highest BCUT2D eigenvalue weighted by molar-refractivity contribution is 5.92. The first-order valence-corrected chi connectivity index (χ1v) is 9.74. The first-order valence-electron chi connectivity index (χ1n) is 9.74. The summed E-state index contributed by atoms with van der Waals surface area (Å²) in [6, 6.07) is 16.3. The van der Waals surface area contributed by atoms with Crippen molar-refractivity contribution in [1.29, 1.82) is 0 Å². The Morgan fingerprint density at radius 2 is 1.70 bits per heavy atom. The number of aromatic nitrogens is 1. The standard InChI is InChI=1S/C23H25N3O4/c1-15(16-8-4-3-5-9-16)22(28)26-20(23(29)25-14-21(27)30-2)12-17-13-24-19-11-7-6-10-18(17)19/h3-11,13,15,20,24H,12,14H2,1-2H3,(H,25,29)(H,26,28)/t15-,20+/m1/s1. The average Bonchev–Trinajstić information content (AvgIpc) is 3.19. The second kappa shape index (κ2) is 9.73. The topological polar surface area (TPSA) is 100 Å². The Bertz CT molecular complexity index is 1030. The van der Waals surface area contributed by atoms with Crippen LogP contribution in [0.3, 0.4) is 0 Å². The lowest BCUT2D eigenvalue weighted by molar-refractivity contribution is -0.141. The summed E-state index contributed by atoms with van der Waals surface area (Å²) >= 11 is 0. The van der Waals surface area contributed by atoms with Crippen molar-refractivity contribution in [2.75, 3.05) is 13.7 Å². The number of amides is 2. The summed E-state index contributed by atoms with van der Waals surface area (Å²) in [5, 5.41) is 6.36. The minimum atomic E-state index is -0.840. The van der Waals surface area contributed by atoms with Crippen molar-refractivity contribution < 1.29 is 19.1 Å². The monoisotopic (exact) mass is 407 g/mol. The van der Waals surface area contributed by atoms with E-state index in [0.29, 0.717) is 0 Å². The van der Waals surface area contributed by atoms with Crippen molar-refractivity contribution in [2.45, 2.75) is 25.3 Å². The number of hydrogen-bond acceptors (Lipinski definition) is 4. The fourth-order valence-corrected chi connectivity index (χ4v) is 3.27. The highest BCUT2D eigenvalue weighted by Crippen LogP contribution is 2.20. The fourth-order valence-electron chi connectivity index (χ4n) is 3.27. The van der Waals surface area contributed by atoms with Gasteiger partial charge in [-0.3, -0.25) is 14.4 Å². The molecule has 0 radical (unpaired) electrons. The minimum absolute atomic E-state index is 0.260. The van der Waals surface area contributed by atoms with Gasteiger partial charge in [0.2, 0.25) is 11.8 Å². The lowest BCUT2D eigenvalue weighted by Gasteiger charge is -2.21. The van der Waals surface area contributed by atoms with Gasteiger partial charge >= 0.3 is 5.97 Å². The Kier molecular flexibility index (Phi) is 6.85. The third-order valence-electron chi connectivity index (χ3n) is 5.06. The molecule has 0 spiro atoms. The molecule has 0 bridgehead atoms. The van der Waals surface area contributed by atoms with Gasteiger partial charge in [0.15, 0.2) is 0 Å². The number of hydrogen-bond donors (Lipinski definition) is 3. The molecule has 7 heteroatoms. The number of fused-ring (bicyclic) bond motifs is 1. The van der Waals surface area contributed by atoms with Crippen LogP contribution in [-0.4, -0.2) is 42.5 Å². The number of carbonyl (C=O) groups excluding carboxylic acids is 3. The van der Waals surface area contributed by atoms with E-state index >= 15 is 0 Å². The predicted molar refractivity (Wildman–Crippen MR) is 114 cm³/mol. The largest absolute Gasteiger partial charge is 0.468 e. The van der Waals surface area contributed by atoms with Crippen molar-refractivity contribution in [3.8, 4) is 0 Å². The number of carbonyl (C=O) groups is 3. The smallest absolute Gasteiger partial charge is 0.325 e.